The monoisotopic (exact) mass is 218 g/mol. The van der Waals surface area contributed by atoms with Gasteiger partial charge in [-0.2, -0.15) is 0 Å². The zero-order valence-corrected chi connectivity index (χ0v) is 7.29. The third-order valence-electron chi connectivity index (χ3n) is 1.30. The second kappa shape index (κ2) is 2.07. The van der Waals surface area contributed by atoms with E-state index in [0.29, 0.717) is 0 Å². The van der Waals surface area contributed by atoms with Gasteiger partial charge in [-0.3, -0.25) is 4.79 Å². The molecule has 52 valence electrons. The Hall–Kier alpha value is -0.350. The number of carbonyl (C=O) groups is 1. The molecule has 0 fully saturated rings. The molecule has 1 aliphatic rings. The van der Waals surface area contributed by atoms with Crippen molar-refractivity contribution in [1.82, 2.24) is 0 Å². The summed E-state index contributed by atoms with van der Waals surface area (Å²) in [7, 11) is 0. The molecule has 0 aliphatic carbocycles. The van der Waals surface area contributed by atoms with Gasteiger partial charge in [-0.05, 0) is 22.0 Å². The van der Waals surface area contributed by atoms with E-state index in [1.807, 2.05) is 0 Å². The maximum atomic E-state index is 10.9. The fourth-order valence-electron chi connectivity index (χ4n) is 0.856. The smallest absolute Gasteiger partial charge is 0.204 e. The zero-order valence-electron chi connectivity index (χ0n) is 4.89. The zero-order chi connectivity index (χ0) is 7.14. The van der Waals surface area contributed by atoms with Crippen LogP contribution in [0.4, 0.5) is 0 Å². The molecule has 0 aromatic carbocycles. The SMILES string of the molecule is O=C1COc2sc(Br)cc21. The molecule has 1 aliphatic heterocycles. The van der Waals surface area contributed by atoms with Gasteiger partial charge in [-0.1, -0.05) is 11.3 Å². The van der Waals surface area contributed by atoms with Gasteiger partial charge in [-0.25, -0.2) is 0 Å². The molecule has 10 heavy (non-hydrogen) atoms. The Morgan fingerprint density at radius 2 is 2.50 bits per heavy atom. The standard InChI is InChI=1S/C6H3BrO2S/c7-5-1-3-4(8)2-9-6(3)10-5/h1H,2H2. The molecule has 2 rings (SSSR count). The second-order valence-corrected chi connectivity index (χ2v) is 4.36. The van der Waals surface area contributed by atoms with Crippen molar-refractivity contribution in [2.45, 2.75) is 0 Å². The molecule has 0 unspecified atom stereocenters. The van der Waals surface area contributed by atoms with Crippen LogP contribution in [0.5, 0.6) is 5.06 Å². The summed E-state index contributed by atoms with van der Waals surface area (Å²) in [6, 6.07) is 1.80. The average molecular weight is 219 g/mol. The van der Waals surface area contributed by atoms with Gasteiger partial charge in [0.2, 0.25) is 5.78 Å². The lowest BCUT2D eigenvalue weighted by atomic mass is 10.2. The summed E-state index contributed by atoms with van der Waals surface area (Å²) in [6.07, 6.45) is 0. The van der Waals surface area contributed by atoms with E-state index in [4.69, 9.17) is 4.74 Å². The highest BCUT2D eigenvalue weighted by molar-refractivity contribution is 9.11. The Labute approximate surface area is 69.9 Å². The highest BCUT2D eigenvalue weighted by Gasteiger charge is 2.23. The van der Waals surface area contributed by atoms with Crippen molar-refractivity contribution in [1.29, 1.82) is 0 Å². The van der Waals surface area contributed by atoms with Crippen LogP contribution in [0.25, 0.3) is 0 Å². The molecule has 0 amide bonds. The topological polar surface area (TPSA) is 26.3 Å². The summed E-state index contributed by atoms with van der Waals surface area (Å²) >= 11 is 4.73. The third-order valence-corrected chi connectivity index (χ3v) is 2.85. The fraction of sp³-hybridized carbons (Fsp3) is 0.167. The van der Waals surface area contributed by atoms with Crippen LogP contribution >= 0.6 is 27.3 Å². The number of fused-ring (bicyclic) bond motifs is 1. The molecule has 0 saturated carbocycles. The molecule has 0 N–H and O–H groups in total. The van der Waals surface area contributed by atoms with Crippen molar-refractivity contribution in [3.05, 3.63) is 15.4 Å². The predicted molar refractivity (Wildman–Crippen MR) is 41.8 cm³/mol. The maximum Gasteiger partial charge on any atom is 0.204 e. The van der Waals surface area contributed by atoms with Crippen molar-refractivity contribution >= 4 is 33.0 Å². The molecule has 1 aromatic heterocycles. The molecule has 0 atom stereocenters. The first-order valence-corrected chi connectivity index (χ1v) is 4.33. The number of ketones is 1. The van der Waals surface area contributed by atoms with Gasteiger partial charge in [0.15, 0.2) is 11.7 Å². The Kier molecular flexibility index (Phi) is 1.32. The molecule has 2 nitrogen and oxygen atoms in total. The molecular formula is C6H3BrO2S. The number of Topliss-reactive ketones (excluding diaryl/α,β-unsaturated/α-hetero) is 1. The lowest BCUT2D eigenvalue weighted by molar-refractivity contribution is 0.0961. The van der Waals surface area contributed by atoms with E-state index in [9.17, 15) is 4.79 Å². The Bertz CT molecular complexity index is 292. The summed E-state index contributed by atoms with van der Waals surface area (Å²) in [5.74, 6) is 0.0805. The van der Waals surface area contributed by atoms with E-state index in [1.165, 1.54) is 11.3 Å². The molecular weight excluding hydrogens is 216 g/mol. The van der Waals surface area contributed by atoms with Gasteiger partial charge in [-0.15, -0.1) is 0 Å². The minimum atomic E-state index is 0.0805. The number of ether oxygens (including phenoxy) is 1. The molecule has 0 spiro atoms. The average Bonchev–Trinajstić information content (AvgIpc) is 2.35. The number of thiophene rings is 1. The first-order valence-electron chi connectivity index (χ1n) is 2.73. The molecule has 0 saturated heterocycles. The normalized spacial score (nSPS) is 15.1. The van der Waals surface area contributed by atoms with Crippen LogP contribution < -0.4 is 4.74 Å². The van der Waals surface area contributed by atoms with Crippen LogP contribution in [0.15, 0.2) is 9.85 Å². The van der Waals surface area contributed by atoms with Gasteiger partial charge < -0.3 is 4.74 Å². The molecule has 1 aromatic rings. The minimum absolute atomic E-state index is 0.0805. The van der Waals surface area contributed by atoms with Gasteiger partial charge in [0.25, 0.3) is 0 Å². The maximum absolute atomic E-state index is 10.9. The fourth-order valence-corrected chi connectivity index (χ4v) is 2.28. The summed E-state index contributed by atoms with van der Waals surface area (Å²) in [6.45, 7) is 0.217. The number of hydrogen-bond acceptors (Lipinski definition) is 3. The predicted octanol–water partition coefficient (Wildman–Crippen LogP) is 2.09. The van der Waals surface area contributed by atoms with Gasteiger partial charge in [0.1, 0.15) is 0 Å². The van der Waals surface area contributed by atoms with Crippen molar-refractivity contribution in [2.24, 2.45) is 0 Å². The van der Waals surface area contributed by atoms with E-state index in [0.717, 1.165) is 14.4 Å². The molecule has 0 radical (unpaired) electrons. The number of hydrogen-bond donors (Lipinski definition) is 0. The van der Waals surface area contributed by atoms with Crippen molar-refractivity contribution in [2.75, 3.05) is 6.61 Å². The van der Waals surface area contributed by atoms with Crippen LogP contribution in [0.2, 0.25) is 0 Å². The van der Waals surface area contributed by atoms with Crippen molar-refractivity contribution in [3.8, 4) is 5.06 Å². The number of carbonyl (C=O) groups excluding carboxylic acids is 1. The van der Waals surface area contributed by atoms with E-state index < -0.39 is 0 Å². The van der Waals surface area contributed by atoms with Crippen LogP contribution in [0, 0.1) is 0 Å². The summed E-state index contributed by atoms with van der Waals surface area (Å²) in [5, 5.41) is 0.747. The van der Waals surface area contributed by atoms with Crippen LogP contribution in [0.1, 0.15) is 10.4 Å². The highest BCUT2D eigenvalue weighted by atomic mass is 79.9. The van der Waals surface area contributed by atoms with E-state index >= 15 is 0 Å². The largest absolute Gasteiger partial charge is 0.475 e. The minimum Gasteiger partial charge on any atom is -0.475 e. The van der Waals surface area contributed by atoms with Gasteiger partial charge in [0.05, 0.1) is 9.35 Å². The Balaban J connectivity index is 2.59. The summed E-state index contributed by atoms with van der Waals surface area (Å²) < 4.78 is 6.02. The molecule has 2 heterocycles. The Morgan fingerprint density at radius 3 is 3.20 bits per heavy atom. The van der Waals surface area contributed by atoms with Crippen LogP contribution in [-0.4, -0.2) is 12.4 Å². The first-order chi connectivity index (χ1) is 4.77. The van der Waals surface area contributed by atoms with Gasteiger partial charge in [0, 0.05) is 0 Å². The number of halogens is 1. The van der Waals surface area contributed by atoms with E-state index in [2.05, 4.69) is 15.9 Å². The lowest BCUT2D eigenvalue weighted by Crippen LogP contribution is -1.98. The van der Waals surface area contributed by atoms with Crippen molar-refractivity contribution < 1.29 is 9.53 Å². The van der Waals surface area contributed by atoms with Gasteiger partial charge >= 0.3 is 0 Å². The molecule has 4 heteroatoms. The lowest BCUT2D eigenvalue weighted by Gasteiger charge is -1.86. The van der Waals surface area contributed by atoms with Crippen LogP contribution in [0.3, 0.4) is 0 Å². The first kappa shape index (κ1) is 6.37. The quantitative estimate of drug-likeness (QED) is 0.667. The van der Waals surface area contributed by atoms with E-state index in [-0.39, 0.29) is 12.4 Å². The van der Waals surface area contributed by atoms with E-state index in [1.54, 1.807) is 6.07 Å². The molecule has 0 bridgehead atoms. The third kappa shape index (κ3) is 0.793. The Morgan fingerprint density at radius 1 is 1.70 bits per heavy atom. The van der Waals surface area contributed by atoms with Crippen LogP contribution in [-0.2, 0) is 0 Å². The summed E-state index contributed by atoms with van der Waals surface area (Å²) in [5.41, 5.74) is 0.719. The highest BCUT2D eigenvalue weighted by Crippen LogP contribution is 2.37. The summed E-state index contributed by atoms with van der Waals surface area (Å²) in [4.78, 5) is 10.9. The number of rotatable bonds is 0. The van der Waals surface area contributed by atoms with Crippen molar-refractivity contribution in [3.63, 3.8) is 0 Å². The second-order valence-electron chi connectivity index (χ2n) is 1.96.